The largest absolute Gasteiger partial charge is 0.449 e. The van der Waals surface area contributed by atoms with Gasteiger partial charge in [-0.2, -0.15) is 11.8 Å². The molecule has 1 rings (SSSR count). The summed E-state index contributed by atoms with van der Waals surface area (Å²) in [6.45, 7) is 1.97. The number of hydrogen-bond acceptors (Lipinski definition) is 3. The first-order valence-corrected chi connectivity index (χ1v) is 5.75. The highest BCUT2D eigenvalue weighted by atomic mass is 35.5. The molecule has 0 fully saturated rings. The van der Waals surface area contributed by atoms with Gasteiger partial charge in [-0.05, 0) is 30.2 Å². The highest BCUT2D eigenvalue weighted by Gasteiger charge is 2.03. The topological polar surface area (TPSA) is 33.4 Å². The Balaban J connectivity index is 2.20. The average molecular weight is 221 g/mol. The molecule has 0 aromatic carbocycles. The first kappa shape index (κ1) is 11.0. The van der Waals surface area contributed by atoms with Crippen molar-refractivity contribution >= 4 is 23.4 Å². The Morgan fingerprint density at radius 1 is 1.62 bits per heavy atom. The van der Waals surface area contributed by atoms with E-state index in [0.29, 0.717) is 5.22 Å². The fourth-order valence-electron chi connectivity index (χ4n) is 0.843. The summed E-state index contributed by atoms with van der Waals surface area (Å²) >= 11 is 7.25. The molecular weight excluding hydrogens is 208 g/mol. The van der Waals surface area contributed by atoms with Crippen LogP contribution < -0.4 is 0 Å². The van der Waals surface area contributed by atoms with Crippen molar-refractivity contribution in [3.63, 3.8) is 0 Å². The predicted octanol–water partition coefficient (Wildman–Crippen LogP) is 2.94. The highest BCUT2D eigenvalue weighted by Crippen LogP contribution is 2.19. The molecule has 2 nitrogen and oxygen atoms in total. The minimum Gasteiger partial charge on any atom is -0.449 e. The SMILES string of the molecule is CC[C@@H](O)CSCc1ccc(Cl)o1. The number of aliphatic hydroxyl groups excluding tert-OH is 1. The summed E-state index contributed by atoms with van der Waals surface area (Å²) in [5, 5.41) is 9.69. The van der Waals surface area contributed by atoms with Crippen LogP contribution >= 0.6 is 23.4 Å². The molecule has 0 aliphatic rings. The van der Waals surface area contributed by atoms with Gasteiger partial charge in [0, 0.05) is 5.75 Å². The van der Waals surface area contributed by atoms with E-state index in [2.05, 4.69) is 0 Å². The van der Waals surface area contributed by atoms with Crippen LogP contribution in [0.1, 0.15) is 19.1 Å². The quantitative estimate of drug-likeness (QED) is 0.829. The zero-order valence-electron chi connectivity index (χ0n) is 7.50. The summed E-state index contributed by atoms with van der Waals surface area (Å²) in [6.07, 6.45) is 0.585. The van der Waals surface area contributed by atoms with Gasteiger partial charge >= 0.3 is 0 Å². The molecule has 0 saturated heterocycles. The fourth-order valence-corrected chi connectivity index (χ4v) is 1.99. The van der Waals surface area contributed by atoms with Crippen LogP contribution in [-0.4, -0.2) is 17.0 Å². The smallest absolute Gasteiger partial charge is 0.193 e. The van der Waals surface area contributed by atoms with Gasteiger partial charge < -0.3 is 9.52 Å². The van der Waals surface area contributed by atoms with Crippen molar-refractivity contribution in [1.82, 2.24) is 0 Å². The Kier molecular flexibility index (Phi) is 4.70. The minimum atomic E-state index is -0.213. The van der Waals surface area contributed by atoms with Crippen LogP contribution in [0, 0.1) is 0 Å². The van der Waals surface area contributed by atoms with Crippen LogP contribution in [0.25, 0.3) is 0 Å². The summed E-state index contributed by atoms with van der Waals surface area (Å²) in [4.78, 5) is 0. The first-order chi connectivity index (χ1) is 6.22. The maximum atomic E-state index is 9.26. The number of thioether (sulfide) groups is 1. The Bertz CT molecular complexity index is 250. The Morgan fingerprint density at radius 3 is 2.92 bits per heavy atom. The van der Waals surface area contributed by atoms with Crippen molar-refractivity contribution in [2.24, 2.45) is 0 Å². The molecular formula is C9H13ClO2S. The van der Waals surface area contributed by atoms with Crippen molar-refractivity contribution in [3.8, 4) is 0 Å². The lowest BCUT2D eigenvalue weighted by Gasteiger charge is -2.05. The standard InChI is InChI=1S/C9H13ClO2S/c1-2-7(11)5-13-6-8-3-4-9(10)12-8/h3-4,7,11H,2,5-6H2,1H3/t7-/m1/s1. The zero-order valence-corrected chi connectivity index (χ0v) is 9.07. The van der Waals surface area contributed by atoms with E-state index in [9.17, 15) is 5.11 Å². The van der Waals surface area contributed by atoms with Crippen LogP contribution in [0.3, 0.4) is 0 Å². The summed E-state index contributed by atoms with van der Waals surface area (Å²) in [5.74, 6) is 2.37. The molecule has 0 bridgehead atoms. The molecule has 0 saturated carbocycles. The highest BCUT2D eigenvalue weighted by molar-refractivity contribution is 7.98. The van der Waals surface area contributed by atoms with Crippen LogP contribution in [0.5, 0.6) is 0 Å². The van der Waals surface area contributed by atoms with Crippen LogP contribution in [0.4, 0.5) is 0 Å². The molecule has 4 heteroatoms. The third-order valence-corrected chi connectivity index (χ3v) is 2.97. The minimum absolute atomic E-state index is 0.213. The molecule has 13 heavy (non-hydrogen) atoms. The Morgan fingerprint density at radius 2 is 2.38 bits per heavy atom. The summed E-state index contributed by atoms with van der Waals surface area (Å²) in [7, 11) is 0. The van der Waals surface area contributed by atoms with Gasteiger partial charge in [-0.3, -0.25) is 0 Å². The van der Waals surface area contributed by atoms with Crippen molar-refractivity contribution in [1.29, 1.82) is 0 Å². The maximum absolute atomic E-state index is 9.26. The van der Waals surface area contributed by atoms with Gasteiger partial charge in [0.25, 0.3) is 0 Å². The van der Waals surface area contributed by atoms with Crippen molar-refractivity contribution in [2.75, 3.05) is 5.75 Å². The molecule has 0 aliphatic carbocycles. The number of halogens is 1. The molecule has 1 aromatic heterocycles. The van der Waals surface area contributed by atoms with Gasteiger partial charge in [0.05, 0.1) is 11.9 Å². The summed E-state index contributed by atoms with van der Waals surface area (Å²) < 4.78 is 5.16. The first-order valence-electron chi connectivity index (χ1n) is 4.22. The summed E-state index contributed by atoms with van der Waals surface area (Å²) in [6, 6.07) is 3.58. The van der Waals surface area contributed by atoms with E-state index in [1.54, 1.807) is 17.8 Å². The van der Waals surface area contributed by atoms with Gasteiger partial charge in [0.2, 0.25) is 0 Å². The van der Waals surface area contributed by atoms with Crippen molar-refractivity contribution < 1.29 is 9.52 Å². The van der Waals surface area contributed by atoms with Gasteiger partial charge in [-0.25, -0.2) is 0 Å². The second-order valence-electron chi connectivity index (χ2n) is 2.78. The molecule has 0 radical (unpaired) electrons. The lowest BCUT2D eigenvalue weighted by Crippen LogP contribution is -2.07. The van der Waals surface area contributed by atoms with Gasteiger partial charge in [0.1, 0.15) is 5.76 Å². The third kappa shape index (κ3) is 4.07. The van der Waals surface area contributed by atoms with Crippen LogP contribution in [-0.2, 0) is 5.75 Å². The number of rotatable bonds is 5. The predicted molar refractivity (Wildman–Crippen MR) is 56.2 cm³/mol. The molecule has 1 N–H and O–H groups in total. The van der Waals surface area contributed by atoms with E-state index in [1.165, 1.54) is 0 Å². The van der Waals surface area contributed by atoms with E-state index < -0.39 is 0 Å². The van der Waals surface area contributed by atoms with Crippen LogP contribution in [0.2, 0.25) is 5.22 Å². The molecule has 0 unspecified atom stereocenters. The zero-order chi connectivity index (χ0) is 9.68. The molecule has 1 aromatic rings. The molecule has 0 spiro atoms. The third-order valence-electron chi connectivity index (χ3n) is 1.65. The van der Waals surface area contributed by atoms with Crippen molar-refractivity contribution in [3.05, 3.63) is 23.1 Å². The Hall–Kier alpha value is -0.120. The average Bonchev–Trinajstić information content (AvgIpc) is 2.51. The molecule has 0 aliphatic heterocycles. The monoisotopic (exact) mass is 220 g/mol. The second kappa shape index (κ2) is 5.58. The van der Waals surface area contributed by atoms with Gasteiger partial charge in [-0.15, -0.1) is 0 Å². The van der Waals surface area contributed by atoms with E-state index >= 15 is 0 Å². The van der Waals surface area contributed by atoms with Gasteiger partial charge in [0.15, 0.2) is 5.22 Å². The number of aliphatic hydroxyl groups is 1. The lowest BCUT2D eigenvalue weighted by molar-refractivity contribution is 0.195. The fraction of sp³-hybridized carbons (Fsp3) is 0.556. The van der Waals surface area contributed by atoms with E-state index in [0.717, 1.165) is 23.7 Å². The number of hydrogen-bond donors (Lipinski definition) is 1. The van der Waals surface area contributed by atoms with Crippen LogP contribution in [0.15, 0.2) is 16.5 Å². The second-order valence-corrected chi connectivity index (χ2v) is 4.19. The van der Waals surface area contributed by atoms with Gasteiger partial charge in [-0.1, -0.05) is 6.92 Å². The van der Waals surface area contributed by atoms with Crippen molar-refractivity contribution in [2.45, 2.75) is 25.2 Å². The van der Waals surface area contributed by atoms with E-state index in [1.807, 2.05) is 13.0 Å². The normalized spacial score (nSPS) is 13.2. The lowest BCUT2D eigenvalue weighted by atomic mass is 10.3. The Labute approximate surface area is 87.3 Å². The van der Waals surface area contributed by atoms with E-state index in [4.69, 9.17) is 16.0 Å². The summed E-state index contributed by atoms with van der Waals surface area (Å²) in [5.41, 5.74) is 0. The molecule has 1 heterocycles. The molecule has 1 atom stereocenters. The van der Waals surface area contributed by atoms with E-state index in [-0.39, 0.29) is 6.10 Å². The molecule has 0 amide bonds. The molecule has 74 valence electrons. The maximum Gasteiger partial charge on any atom is 0.193 e. The number of furan rings is 1.